The monoisotopic (exact) mass is 320 g/mol. The highest BCUT2D eigenvalue weighted by molar-refractivity contribution is 5.88. The summed E-state index contributed by atoms with van der Waals surface area (Å²) in [6, 6.07) is 0. The second-order valence-corrected chi connectivity index (χ2v) is 7.35. The SMILES string of the molecule is C=CCCC1CCC(C2CCC(OC(=O)C(=C)CO)CC2)CC1. The zero-order valence-corrected chi connectivity index (χ0v) is 14.3. The van der Waals surface area contributed by atoms with Crippen LogP contribution in [0.5, 0.6) is 0 Å². The van der Waals surface area contributed by atoms with Gasteiger partial charge in [-0.3, -0.25) is 0 Å². The lowest BCUT2D eigenvalue weighted by atomic mass is 9.70. The molecule has 0 aromatic carbocycles. The van der Waals surface area contributed by atoms with Gasteiger partial charge in [-0.25, -0.2) is 4.79 Å². The lowest BCUT2D eigenvalue weighted by Gasteiger charge is -2.37. The highest BCUT2D eigenvalue weighted by Crippen LogP contribution is 2.41. The number of esters is 1. The number of ether oxygens (including phenoxy) is 1. The third-order valence-electron chi connectivity index (χ3n) is 5.81. The zero-order chi connectivity index (χ0) is 16.7. The number of aliphatic hydroxyl groups excluding tert-OH is 1. The maximum Gasteiger partial charge on any atom is 0.336 e. The fourth-order valence-corrected chi connectivity index (χ4v) is 4.28. The Morgan fingerprint density at radius 3 is 2.13 bits per heavy atom. The van der Waals surface area contributed by atoms with E-state index in [1.807, 2.05) is 6.08 Å². The maximum atomic E-state index is 11.7. The molecular weight excluding hydrogens is 288 g/mol. The van der Waals surface area contributed by atoms with Crippen LogP contribution in [0.3, 0.4) is 0 Å². The minimum absolute atomic E-state index is 0.0194. The van der Waals surface area contributed by atoms with Gasteiger partial charge >= 0.3 is 5.97 Å². The molecular formula is C20H32O3. The van der Waals surface area contributed by atoms with Crippen LogP contribution in [0.15, 0.2) is 24.8 Å². The van der Waals surface area contributed by atoms with E-state index in [0.29, 0.717) is 0 Å². The standard InChI is InChI=1S/C20H32O3/c1-3-4-5-16-6-8-17(9-7-16)18-10-12-19(13-11-18)23-20(22)15(2)14-21/h3,16-19,21H,1-2,4-14H2. The van der Waals surface area contributed by atoms with Gasteiger partial charge in [0.25, 0.3) is 0 Å². The number of aliphatic hydroxyl groups is 1. The van der Waals surface area contributed by atoms with E-state index in [9.17, 15) is 4.79 Å². The Balaban J connectivity index is 1.68. The fraction of sp³-hybridized carbons (Fsp3) is 0.750. The molecule has 0 aromatic rings. The van der Waals surface area contributed by atoms with Gasteiger partial charge in [-0.15, -0.1) is 6.58 Å². The Kier molecular flexibility index (Phi) is 7.35. The normalized spacial score (nSPS) is 31.3. The summed E-state index contributed by atoms with van der Waals surface area (Å²) < 4.78 is 5.43. The van der Waals surface area contributed by atoms with Crippen LogP contribution in [-0.4, -0.2) is 23.8 Å². The first-order valence-electron chi connectivity index (χ1n) is 9.24. The Morgan fingerprint density at radius 2 is 1.61 bits per heavy atom. The van der Waals surface area contributed by atoms with Gasteiger partial charge in [-0.2, -0.15) is 0 Å². The molecule has 0 atom stereocenters. The van der Waals surface area contributed by atoms with Crippen molar-refractivity contribution in [3.05, 3.63) is 24.8 Å². The van der Waals surface area contributed by atoms with E-state index in [-0.39, 0.29) is 18.3 Å². The lowest BCUT2D eigenvalue weighted by molar-refractivity contribution is -0.146. The molecule has 0 saturated heterocycles. The number of hydrogen-bond acceptors (Lipinski definition) is 3. The summed E-state index contributed by atoms with van der Waals surface area (Å²) in [4.78, 5) is 11.7. The molecule has 2 fully saturated rings. The Bertz CT molecular complexity index is 399. The largest absolute Gasteiger partial charge is 0.459 e. The van der Waals surface area contributed by atoms with E-state index in [0.717, 1.165) is 37.0 Å². The lowest BCUT2D eigenvalue weighted by Crippen LogP contribution is -2.30. The highest BCUT2D eigenvalue weighted by atomic mass is 16.5. The van der Waals surface area contributed by atoms with E-state index in [2.05, 4.69) is 13.2 Å². The third-order valence-corrected chi connectivity index (χ3v) is 5.81. The molecule has 2 aliphatic carbocycles. The van der Waals surface area contributed by atoms with Gasteiger partial charge < -0.3 is 9.84 Å². The van der Waals surface area contributed by atoms with Crippen LogP contribution < -0.4 is 0 Å². The second kappa shape index (κ2) is 9.27. The van der Waals surface area contributed by atoms with E-state index in [1.165, 1.54) is 44.9 Å². The molecule has 130 valence electrons. The van der Waals surface area contributed by atoms with Crippen molar-refractivity contribution in [1.29, 1.82) is 0 Å². The van der Waals surface area contributed by atoms with Crippen LogP contribution in [0.1, 0.15) is 64.2 Å². The van der Waals surface area contributed by atoms with E-state index in [1.54, 1.807) is 0 Å². The zero-order valence-electron chi connectivity index (χ0n) is 14.3. The van der Waals surface area contributed by atoms with Crippen LogP contribution in [0.4, 0.5) is 0 Å². The average molecular weight is 320 g/mol. The first-order chi connectivity index (χ1) is 11.1. The Labute approximate surface area is 140 Å². The first-order valence-corrected chi connectivity index (χ1v) is 9.24. The molecule has 0 bridgehead atoms. The van der Waals surface area contributed by atoms with Gasteiger partial charge in [0.15, 0.2) is 0 Å². The average Bonchev–Trinajstić information content (AvgIpc) is 2.60. The number of allylic oxidation sites excluding steroid dienone is 1. The molecule has 0 aliphatic heterocycles. The van der Waals surface area contributed by atoms with Gasteiger partial charge in [0.05, 0.1) is 12.2 Å². The van der Waals surface area contributed by atoms with Gasteiger partial charge in [0.1, 0.15) is 6.10 Å². The number of hydrogen-bond donors (Lipinski definition) is 1. The molecule has 1 N–H and O–H groups in total. The summed E-state index contributed by atoms with van der Waals surface area (Å²) in [5, 5.41) is 8.92. The Morgan fingerprint density at radius 1 is 1.04 bits per heavy atom. The topological polar surface area (TPSA) is 46.5 Å². The van der Waals surface area contributed by atoms with Crippen LogP contribution >= 0.6 is 0 Å². The highest BCUT2D eigenvalue weighted by Gasteiger charge is 2.31. The van der Waals surface area contributed by atoms with Gasteiger partial charge in [-0.1, -0.05) is 25.5 Å². The van der Waals surface area contributed by atoms with Crippen molar-refractivity contribution in [1.82, 2.24) is 0 Å². The first kappa shape index (κ1) is 18.3. The molecule has 0 spiro atoms. The molecule has 0 radical (unpaired) electrons. The molecule has 3 nitrogen and oxygen atoms in total. The summed E-state index contributed by atoms with van der Waals surface area (Å²) in [5.41, 5.74) is 0.157. The predicted molar refractivity (Wildman–Crippen MR) is 92.9 cm³/mol. The fourth-order valence-electron chi connectivity index (χ4n) is 4.28. The van der Waals surface area contributed by atoms with Crippen molar-refractivity contribution in [2.45, 2.75) is 70.3 Å². The second-order valence-electron chi connectivity index (χ2n) is 7.35. The van der Waals surface area contributed by atoms with Crippen LogP contribution in [0.2, 0.25) is 0 Å². The van der Waals surface area contributed by atoms with Crippen molar-refractivity contribution in [3.8, 4) is 0 Å². The predicted octanol–water partition coefficient (Wildman–Crippen LogP) is 4.41. The summed E-state index contributed by atoms with van der Waals surface area (Å²) >= 11 is 0. The molecule has 0 aromatic heterocycles. The summed E-state index contributed by atoms with van der Waals surface area (Å²) in [6.45, 7) is 7.03. The van der Waals surface area contributed by atoms with E-state index < -0.39 is 5.97 Å². The molecule has 0 amide bonds. The molecule has 0 heterocycles. The van der Waals surface area contributed by atoms with Crippen LogP contribution in [0.25, 0.3) is 0 Å². The number of carbonyl (C=O) groups excluding carboxylic acids is 1. The summed E-state index contributed by atoms with van der Waals surface area (Å²) in [7, 11) is 0. The number of rotatable bonds is 7. The smallest absolute Gasteiger partial charge is 0.336 e. The molecule has 3 heteroatoms. The Hall–Kier alpha value is -1.09. The van der Waals surface area contributed by atoms with Crippen molar-refractivity contribution >= 4 is 5.97 Å². The summed E-state index contributed by atoms with van der Waals surface area (Å²) in [5.74, 6) is 2.16. The molecule has 2 saturated carbocycles. The minimum Gasteiger partial charge on any atom is -0.459 e. The van der Waals surface area contributed by atoms with Crippen LogP contribution in [-0.2, 0) is 9.53 Å². The van der Waals surface area contributed by atoms with Gasteiger partial charge in [-0.05, 0) is 69.1 Å². The van der Waals surface area contributed by atoms with Gasteiger partial charge in [0, 0.05) is 0 Å². The molecule has 2 aliphatic rings. The van der Waals surface area contributed by atoms with Crippen molar-refractivity contribution in [3.63, 3.8) is 0 Å². The quantitative estimate of drug-likeness (QED) is 0.429. The van der Waals surface area contributed by atoms with E-state index in [4.69, 9.17) is 9.84 Å². The molecule has 0 unspecified atom stereocenters. The van der Waals surface area contributed by atoms with Crippen molar-refractivity contribution in [2.75, 3.05) is 6.61 Å². The van der Waals surface area contributed by atoms with Crippen LogP contribution in [0, 0.1) is 17.8 Å². The number of carbonyl (C=O) groups is 1. The maximum absolute atomic E-state index is 11.7. The van der Waals surface area contributed by atoms with Crippen molar-refractivity contribution < 1.29 is 14.6 Å². The third kappa shape index (κ3) is 5.49. The molecule has 2 rings (SSSR count). The molecule has 23 heavy (non-hydrogen) atoms. The van der Waals surface area contributed by atoms with E-state index >= 15 is 0 Å². The minimum atomic E-state index is -0.432. The summed E-state index contributed by atoms with van der Waals surface area (Å²) in [6.07, 6.45) is 14.3. The van der Waals surface area contributed by atoms with Crippen molar-refractivity contribution in [2.24, 2.45) is 17.8 Å². The van der Waals surface area contributed by atoms with Gasteiger partial charge in [0.2, 0.25) is 0 Å².